The van der Waals surface area contributed by atoms with Crippen LogP contribution in [0.1, 0.15) is 15.9 Å². The normalized spacial score (nSPS) is 10.8. The lowest BCUT2D eigenvalue weighted by Gasteiger charge is -2.10. The minimum Gasteiger partial charge on any atom is -0.465 e. The number of ether oxygens (including phenoxy) is 1. The predicted octanol–water partition coefficient (Wildman–Crippen LogP) is 0.828. The molecule has 0 amide bonds. The summed E-state index contributed by atoms with van der Waals surface area (Å²) >= 11 is 5.91. The summed E-state index contributed by atoms with van der Waals surface area (Å²) in [6.07, 6.45) is 1.26. The Balaban J connectivity index is 3.45. The van der Waals surface area contributed by atoms with Crippen LogP contribution in [0.2, 0.25) is 5.15 Å². The maximum absolute atomic E-state index is 11.6. The van der Waals surface area contributed by atoms with Crippen molar-refractivity contribution in [3.05, 3.63) is 32.7 Å². The Morgan fingerprint density at radius 2 is 2.35 bits per heavy atom. The second-order valence-corrected chi connectivity index (χ2v) is 3.58. The fourth-order valence-electron chi connectivity index (χ4n) is 1.33. The largest absolute Gasteiger partial charge is 0.465 e. The van der Waals surface area contributed by atoms with E-state index in [0.29, 0.717) is 5.56 Å². The third-order valence-electron chi connectivity index (χ3n) is 2.23. The van der Waals surface area contributed by atoms with Crippen LogP contribution in [-0.4, -0.2) is 29.1 Å². The zero-order valence-electron chi connectivity index (χ0n) is 9.31. The molecular formula is C10H11ClN2O4. The Hall–Kier alpha value is -1.82. The summed E-state index contributed by atoms with van der Waals surface area (Å²) in [5.41, 5.74) is 0.0860. The second kappa shape index (κ2) is 5.49. The lowest BCUT2D eigenvalue weighted by atomic mass is 10.1. The summed E-state index contributed by atoms with van der Waals surface area (Å²) in [7, 11) is 2.66. The van der Waals surface area contributed by atoms with Gasteiger partial charge in [-0.15, -0.1) is 5.16 Å². The van der Waals surface area contributed by atoms with E-state index >= 15 is 0 Å². The number of hydrogen-bond acceptors (Lipinski definition) is 5. The Labute approximate surface area is 102 Å². The molecule has 0 saturated heterocycles. The molecule has 17 heavy (non-hydrogen) atoms. The molecule has 7 heteroatoms. The first-order valence-electron chi connectivity index (χ1n) is 4.65. The van der Waals surface area contributed by atoms with E-state index in [9.17, 15) is 9.59 Å². The average molecular weight is 259 g/mol. The molecule has 0 aliphatic carbocycles. The van der Waals surface area contributed by atoms with Gasteiger partial charge in [-0.05, 0) is 5.56 Å². The molecule has 0 aliphatic heterocycles. The van der Waals surface area contributed by atoms with Crippen LogP contribution in [-0.2, 0) is 18.2 Å². The molecule has 6 nitrogen and oxygen atoms in total. The lowest BCUT2D eigenvalue weighted by Crippen LogP contribution is -2.22. The highest BCUT2D eigenvalue weighted by molar-refractivity contribution is 6.32. The van der Waals surface area contributed by atoms with Crippen LogP contribution >= 0.6 is 11.6 Å². The Morgan fingerprint density at radius 3 is 2.88 bits per heavy atom. The molecule has 1 aromatic heterocycles. The van der Waals surface area contributed by atoms with Gasteiger partial charge in [0.05, 0.1) is 12.7 Å². The van der Waals surface area contributed by atoms with Crippen LogP contribution in [0.5, 0.6) is 0 Å². The van der Waals surface area contributed by atoms with E-state index in [-0.39, 0.29) is 22.7 Å². The van der Waals surface area contributed by atoms with Gasteiger partial charge in [-0.25, -0.2) is 4.79 Å². The van der Waals surface area contributed by atoms with Crippen molar-refractivity contribution in [2.24, 2.45) is 12.2 Å². The number of aromatic nitrogens is 1. The molecule has 0 unspecified atom stereocenters. The van der Waals surface area contributed by atoms with Gasteiger partial charge in [-0.1, -0.05) is 11.6 Å². The molecule has 0 spiro atoms. The van der Waals surface area contributed by atoms with Gasteiger partial charge in [0.2, 0.25) is 0 Å². The average Bonchev–Trinajstić information content (AvgIpc) is 2.32. The predicted molar refractivity (Wildman–Crippen MR) is 62.0 cm³/mol. The van der Waals surface area contributed by atoms with E-state index in [0.717, 1.165) is 10.8 Å². The van der Waals surface area contributed by atoms with Gasteiger partial charge in [0.25, 0.3) is 5.56 Å². The van der Waals surface area contributed by atoms with Gasteiger partial charge in [0, 0.05) is 25.7 Å². The molecule has 0 fully saturated rings. The summed E-state index contributed by atoms with van der Waals surface area (Å²) in [4.78, 5) is 23.1. The highest BCUT2D eigenvalue weighted by atomic mass is 35.5. The lowest BCUT2D eigenvalue weighted by molar-refractivity contribution is 0.0599. The van der Waals surface area contributed by atoms with Crippen LogP contribution in [0.25, 0.3) is 0 Å². The number of nitrogens with zero attached hydrogens (tertiary/aromatic N) is 2. The van der Waals surface area contributed by atoms with Gasteiger partial charge in [-0.3, -0.25) is 4.79 Å². The first-order chi connectivity index (χ1) is 8.02. The van der Waals surface area contributed by atoms with Gasteiger partial charge >= 0.3 is 5.97 Å². The summed E-state index contributed by atoms with van der Waals surface area (Å²) < 4.78 is 5.72. The number of rotatable bonds is 3. The quantitative estimate of drug-likeness (QED) is 0.286. The molecule has 0 bridgehead atoms. The van der Waals surface area contributed by atoms with Gasteiger partial charge in [0.1, 0.15) is 5.15 Å². The fraction of sp³-hybridized carbons (Fsp3) is 0.300. The molecule has 1 N–H and O–H groups in total. The van der Waals surface area contributed by atoms with E-state index in [1.165, 1.54) is 20.2 Å². The Bertz CT molecular complexity index is 522. The number of oxime groups is 1. The molecular weight excluding hydrogens is 248 g/mol. The molecule has 0 radical (unpaired) electrons. The van der Waals surface area contributed by atoms with Crippen LogP contribution in [0.3, 0.4) is 0 Å². The summed E-state index contributed by atoms with van der Waals surface area (Å²) in [6, 6.07) is 1.25. The molecule has 0 aromatic carbocycles. The van der Waals surface area contributed by atoms with Gasteiger partial charge in [-0.2, -0.15) is 0 Å². The van der Waals surface area contributed by atoms with E-state index in [1.54, 1.807) is 0 Å². The van der Waals surface area contributed by atoms with Crippen molar-refractivity contribution in [3.8, 4) is 0 Å². The molecule has 1 heterocycles. The first-order valence-corrected chi connectivity index (χ1v) is 5.03. The van der Waals surface area contributed by atoms with E-state index in [2.05, 4.69) is 9.89 Å². The van der Waals surface area contributed by atoms with E-state index in [4.69, 9.17) is 16.8 Å². The van der Waals surface area contributed by atoms with Crippen molar-refractivity contribution >= 4 is 23.8 Å². The van der Waals surface area contributed by atoms with Crippen LogP contribution in [0, 0.1) is 0 Å². The standard InChI is InChI=1S/C10H11ClN2O4/c1-13-7(14)5-6(3-4-12-16)8(9(13)11)10(15)17-2/h4-5,16H,3H2,1-2H3/b12-4+. The van der Waals surface area contributed by atoms with Crippen molar-refractivity contribution in [3.63, 3.8) is 0 Å². The number of halogens is 1. The highest BCUT2D eigenvalue weighted by Crippen LogP contribution is 2.18. The number of esters is 1. The maximum atomic E-state index is 11.6. The minimum atomic E-state index is -0.646. The van der Waals surface area contributed by atoms with Crippen molar-refractivity contribution in [2.75, 3.05) is 7.11 Å². The number of pyridine rings is 1. The SMILES string of the molecule is COC(=O)c1c(C/C=N/O)cc(=O)n(C)c1Cl. The molecule has 0 atom stereocenters. The van der Waals surface area contributed by atoms with Crippen molar-refractivity contribution in [1.29, 1.82) is 0 Å². The number of carbonyl (C=O) groups is 1. The van der Waals surface area contributed by atoms with Crippen molar-refractivity contribution in [1.82, 2.24) is 4.57 Å². The summed E-state index contributed by atoms with van der Waals surface area (Å²) in [5, 5.41) is 11.1. The third kappa shape index (κ3) is 2.65. The van der Waals surface area contributed by atoms with Gasteiger partial charge in [0.15, 0.2) is 0 Å². The molecule has 1 aromatic rings. The van der Waals surface area contributed by atoms with E-state index < -0.39 is 5.97 Å². The molecule has 92 valence electrons. The first kappa shape index (κ1) is 13.2. The second-order valence-electron chi connectivity index (χ2n) is 3.23. The topological polar surface area (TPSA) is 80.9 Å². The summed E-state index contributed by atoms with van der Waals surface area (Å²) in [5.74, 6) is -0.646. The number of hydrogen-bond donors (Lipinski definition) is 1. The van der Waals surface area contributed by atoms with Crippen LogP contribution < -0.4 is 5.56 Å². The number of carbonyl (C=O) groups excluding carboxylic acids is 1. The smallest absolute Gasteiger partial charge is 0.341 e. The molecule has 0 saturated carbocycles. The number of methoxy groups -OCH3 is 1. The van der Waals surface area contributed by atoms with Crippen LogP contribution in [0.15, 0.2) is 16.0 Å². The minimum absolute atomic E-state index is 0.00862. The zero-order valence-corrected chi connectivity index (χ0v) is 10.1. The van der Waals surface area contributed by atoms with Crippen molar-refractivity contribution in [2.45, 2.75) is 6.42 Å². The highest BCUT2D eigenvalue weighted by Gasteiger charge is 2.19. The maximum Gasteiger partial charge on any atom is 0.341 e. The molecule has 1 rings (SSSR count). The third-order valence-corrected chi connectivity index (χ3v) is 2.68. The molecule has 0 aliphatic rings. The zero-order chi connectivity index (χ0) is 13.0. The monoisotopic (exact) mass is 258 g/mol. The summed E-state index contributed by atoms with van der Waals surface area (Å²) in [6.45, 7) is 0. The van der Waals surface area contributed by atoms with Crippen molar-refractivity contribution < 1.29 is 14.7 Å². The van der Waals surface area contributed by atoms with Gasteiger partial charge < -0.3 is 14.5 Å². The van der Waals surface area contributed by atoms with Crippen LogP contribution in [0.4, 0.5) is 0 Å². The van der Waals surface area contributed by atoms with E-state index in [1.807, 2.05) is 0 Å². The Morgan fingerprint density at radius 1 is 1.71 bits per heavy atom. The fourth-order valence-corrected chi connectivity index (χ4v) is 1.61. The Kier molecular flexibility index (Phi) is 4.28.